The van der Waals surface area contributed by atoms with Crippen molar-refractivity contribution >= 4 is 49.4 Å². The maximum absolute atomic E-state index is 12.7. The van der Waals surface area contributed by atoms with E-state index in [9.17, 15) is 13.2 Å². The van der Waals surface area contributed by atoms with Gasteiger partial charge in [0, 0.05) is 45.8 Å². The number of thiazole rings is 1. The molecule has 8 nitrogen and oxygen atoms in total. The zero-order chi connectivity index (χ0) is 24.0. The molecule has 35 heavy (non-hydrogen) atoms. The largest absolute Gasteiger partial charge is 0.339 e. The summed E-state index contributed by atoms with van der Waals surface area (Å²) in [7, 11) is -3.70. The number of carbonyl (C=O) groups is 1. The normalized spacial score (nSPS) is 13.9. The molecule has 6 rings (SSSR count). The minimum atomic E-state index is -3.70. The van der Waals surface area contributed by atoms with Crippen LogP contribution in [0.15, 0.2) is 99.9 Å². The second kappa shape index (κ2) is 8.19. The number of sulfonamides is 1. The molecular weight excluding hydrogens is 482 g/mol. The van der Waals surface area contributed by atoms with Crippen LogP contribution in [0.5, 0.6) is 0 Å². The second-order valence-corrected chi connectivity index (χ2v) is 10.3. The van der Waals surface area contributed by atoms with Gasteiger partial charge in [0.25, 0.3) is 15.9 Å². The number of fused-ring (bicyclic) bond motifs is 2. The third-order valence-electron chi connectivity index (χ3n) is 5.57. The van der Waals surface area contributed by atoms with Gasteiger partial charge in [-0.25, -0.2) is 4.98 Å². The number of benzene rings is 3. The zero-order valence-corrected chi connectivity index (χ0v) is 19.7. The van der Waals surface area contributed by atoms with Gasteiger partial charge >= 0.3 is 0 Å². The first-order valence-corrected chi connectivity index (χ1v) is 12.9. The standard InChI is InChI=1S/C25H17N5O3S2/c31-24(27-19-9-5-16(6-10-19)21-15-30-13-14-34-25(30)28-21)17-7-11-18(12-8-17)26-23-20-3-1-2-4-22(20)35(32,33)29-23/h1-15H,(H,26,29)(H,27,31). The lowest BCUT2D eigenvalue weighted by molar-refractivity contribution is 0.102. The van der Waals surface area contributed by atoms with Crippen molar-refractivity contribution in [1.82, 2.24) is 9.38 Å². The number of nitrogens with one attached hydrogen (secondary N) is 2. The molecule has 172 valence electrons. The fourth-order valence-corrected chi connectivity index (χ4v) is 5.71. The van der Waals surface area contributed by atoms with Gasteiger partial charge in [-0.05, 0) is 48.5 Å². The van der Waals surface area contributed by atoms with Crippen molar-refractivity contribution in [3.63, 3.8) is 0 Å². The molecule has 0 aliphatic carbocycles. The molecule has 0 radical (unpaired) electrons. The van der Waals surface area contributed by atoms with Crippen molar-refractivity contribution < 1.29 is 13.2 Å². The van der Waals surface area contributed by atoms with E-state index in [4.69, 9.17) is 0 Å². The van der Waals surface area contributed by atoms with Crippen molar-refractivity contribution in [1.29, 1.82) is 0 Å². The summed E-state index contributed by atoms with van der Waals surface area (Å²) in [5, 5.41) is 7.90. The number of hydrogen-bond acceptors (Lipinski definition) is 6. The Kier molecular flexibility index (Phi) is 4.97. The quantitative estimate of drug-likeness (QED) is 0.367. The van der Waals surface area contributed by atoms with Crippen LogP contribution in [0.3, 0.4) is 0 Å². The summed E-state index contributed by atoms with van der Waals surface area (Å²) in [5.74, 6) is 0.00776. The van der Waals surface area contributed by atoms with Crippen LogP contribution in [-0.4, -0.2) is 29.5 Å². The molecule has 0 atom stereocenters. The first-order valence-electron chi connectivity index (χ1n) is 10.6. The fraction of sp³-hybridized carbons (Fsp3) is 0. The third-order valence-corrected chi connectivity index (χ3v) is 7.68. The number of amides is 1. The summed E-state index contributed by atoms with van der Waals surface area (Å²) >= 11 is 1.58. The van der Waals surface area contributed by atoms with Crippen molar-refractivity contribution in [2.45, 2.75) is 4.90 Å². The van der Waals surface area contributed by atoms with E-state index in [2.05, 4.69) is 20.0 Å². The average molecular weight is 500 g/mol. The minimum absolute atomic E-state index is 0.178. The number of nitrogens with zero attached hydrogens (tertiary/aromatic N) is 3. The van der Waals surface area contributed by atoms with Gasteiger partial charge in [0.1, 0.15) is 4.90 Å². The van der Waals surface area contributed by atoms with Crippen LogP contribution >= 0.6 is 11.3 Å². The van der Waals surface area contributed by atoms with Gasteiger partial charge in [-0.3, -0.25) is 9.20 Å². The molecule has 0 bridgehead atoms. The fourth-order valence-electron chi connectivity index (χ4n) is 3.83. The molecule has 2 N–H and O–H groups in total. The van der Waals surface area contributed by atoms with E-state index in [1.54, 1.807) is 53.8 Å². The van der Waals surface area contributed by atoms with E-state index in [1.165, 1.54) is 6.07 Å². The summed E-state index contributed by atoms with van der Waals surface area (Å²) in [6.07, 6.45) is 3.94. The molecule has 1 aliphatic rings. The van der Waals surface area contributed by atoms with Gasteiger partial charge in [-0.1, -0.05) is 24.3 Å². The summed E-state index contributed by atoms with van der Waals surface area (Å²) in [5.41, 5.74) is 4.12. The van der Waals surface area contributed by atoms with Crippen molar-refractivity contribution in [3.8, 4) is 11.3 Å². The van der Waals surface area contributed by atoms with Gasteiger partial charge in [0.05, 0.1) is 5.69 Å². The van der Waals surface area contributed by atoms with Crippen molar-refractivity contribution in [2.24, 2.45) is 4.40 Å². The minimum Gasteiger partial charge on any atom is -0.339 e. The Labute approximate surface area is 204 Å². The first kappa shape index (κ1) is 21.3. The molecule has 3 aromatic carbocycles. The molecule has 0 spiro atoms. The number of amidine groups is 1. The molecule has 3 heterocycles. The smallest absolute Gasteiger partial charge is 0.285 e. The predicted octanol–water partition coefficient (Wildman–Crippen LogP) is 4.88. The molecule has 2 aromatic heterocycles. The van der Waals surface area contributed by atoms with E-state index in [0.29, 0.717) is 22.5 Å². The number of aromatic nitrogens is 2. The van der Waals surface area contributed by atoms with Crippen LogP contribution in [0.2, 0.25) is 0 Å². The monoisotopic (exact) mass is 499 g/mol. The third kappa shape index (κ3) is 3.98. The highest BCUT2D eigenvalue weighted by Gasteiger charge is 2.28. The van der Waals surface area contributed by atoms with E-state index in [-0.39, 0.29) is 16.6 Å². The van der Waals surface area contributed by atoms with Crippen LogP contribution in [0.4, 0.5) is 11.4 Å². The van der Waals surface area contributed by atoms with Crippen molar-refractivity contribution in [2.75, 3.05) is 10.6 Å². The average Bonchev–Trinajstić information content (AvgIpc) is 3.53. The molecule has 10 heteroatoms. The van der Waals surface area contributed by atoms with E-state index in [0.717, 1.165) is 16.2 Å². The van der Waals surface area contributed by atoms with Crippen molar-refractivity contribution in [3.05, 3.63) is 102 Å². The van der Waals surface area contributed by atoms with Gasteiger partial charge in [0.15, 0.2) is 10.8 Å². The highest BCUT2D eigenvalue weighted by Crippen LogP contribution is 2.27. The maximum Gasteiger partial charge on any atom is 0.285 e. The molecule has 1 amide bonds. The number of imidazole rings is 1. The Bertz CT molecular complexity index is 1690. The Hall–Kier alpha value is -4.28. The molecule has 0 saturated heterocycles. The highest BCUT2D eigenvalue weighted by molar-refractivity contribution is 7.90. The summed E-state index contributed by atoms with van der Waals surface area (Å²) in [6, 6.07) is 20.9. The van der Waals surface area contributed by atoms with Gasteiger partial charge in [-0.15, -0.1) is 15.7 Å². The summed E-state index contributed by atoms with van der Waals surface area (Å²) < 4.78 is 30.2. The highest BCUT2D eigenvalue weighted by atomic mass is 32.2. The molecule has 5 aromatic rings. The maximum atomic E-state index is 12.7. The van der Waals surface area contributed by atoms with E-state index < -0.39 is 10.0 Å². The second-order valence-electron chi connectivity index (χ2n) is 7.86. The molecule has 0 saturated carbocycles. The lowest BCUT2D eigenvalue weighted by atomic mass is 10.1. The number of hydrogen-bond donors (Lipinski definition) is 2. The summed E-state index contributed by atoms with van der Waals surface area (Å²) in [4.78, 5) is 18.4. The Balaban J connectivity index is 1.14. The van der Waals surface area contributed by atoms with Crippen LogP contribution in [0, 0.1) is 0 Å². The molecular formula is C25H17N5O3S2. The zero-order valence-electron chi connectivity index (χ0n) is 18.0. The first-order chi connectivity index (χ1) is 17.0. The van der Waals surface area contributed by atoms with Gasteiger partial charge in [-0.2, -0.15) is 8.42 Å². The Morgan fingerprint density at radius 3 is 2.43 bits per heavy atom. The van der Waals surface area contributed by atoms with Gasteiger partial charge < -0.3 is 10.6 Å². The molecule has 0 unspecified atom stereocenters. The SMILES string of the molecule is O=C(Nc1ccc(-c2cn3ccsc3n2)cc1)c1ccc(NC2=NS(=O)(=O)c3ccccc32)cc1. The number of rotatable bonds is 4. The van der Waals surface area contributed by atoms with Crippen LogP contribution in [0.25, 0.3) is 16.2 Å². The predicted molar refractivity (Wildman–Crippen MR) is 137 cm³/mol. The topological polar surface area (TPSA) is 105 Å². The number of anilines is 2. The molecule has 1 aliphatic heterocycles. The van der Waals surface area contributed by atoms with Crippen LogP contribution < -0.4 is 10.6 Å². The van der Waals surface area contributed by atoms with E-state index >= 15 is 0 Å². The summed E-state index contributed by atoms with van der Waals surface area (Å²) in [6.45, 7) is 0. The Morgan fingerprint density at radius 1 is 0.914 bits per heavy atom. The lowest BCUT2D eigenvalue weighted by Crippen LogP contribution is -2.13. The van der Waals surface area contributed by atoms with E-state index in [1.807, 2.05) is 46.4 Å². The lowest BCUT2D eigenvalue weighted by Gasteiger charge is -2.09. The number of carbonyl (C=O) groups excluding carboxylic acids is 1. The van der Waals surface area contributed by atoms with Gasteiger partial charge in [0.2, 0.25) is 0 Å². The van der Waals surface area contributed by atoms with Crippen LogP contribution in [-0.2, 0) is 10.0 Å². The Morgan fingerprint density at radius 2 is 1.66 bits per heavy atom. The van der Waals surface area contributed by atoms with Crippen LogP contribution in [0.1, 0.15) is 15.9 Å². The molecule has 0 fully saturated rings.